The molecule has 1 aliphatic rings. The van der Waals surface area contributed by atoms with Crippen LogP contribution in [0.1, 0.15) is 24.8 Å². The van der Waals surface area contributed by atoms with Crippen LogP contribution in [-0.2, 0) is 10.0 Å². The standard InChI is InChI=1S/C13H19NO3S/c1-10-2-6-13(7-3-10)18(16,17)14-9-11-4-5-12(15)8-11/h2-3,6-7,11-12,14-15H,4-5,8-9H2,1H3. The number of aliphatic hydroxyl groups is 1. The fourth-order valence-electron chi connectivity index (χ4n) is 2.26. The van der Waals surface area contributed by atoms with Crippen LogP contribution in [0.4, 0.5) is 0 Å². The molecule has 2 N–H and O–H groups in total. The molecule has 1 saturated carbocycles. The maximum absolute atomic E-state index is 12.0. The fraction of sp³-hybridized carbons (Fsp3) is 0.538. The number of sulfonamides is 1. The van der Waals surface area contributed by atoms with Gasteiger partial charge in [-0.2, -0.15) is 0 Å². The Hall–Kier alpha value is -0.910. The number of hydrogen-bond donors (Lipinski definition) is 2. The molecule has 0 aliphatic heterocycles. The van der Waals surface area contributed by atoms with Gasteiger partial charge in [0.05, 0.1) is 11.0 Å². The van der Waals surface area contributed by atoms with Crippen molar-refractivity contribution in [2.75, 3.05) is 6.54 Å². The van der Waals surface area contributed by atoms with Crippen LogP contribution in [0.15, 0.2) is 29.2 Å². The molecule has 18 heavy (non-hydrogen) atoms. The first-order valence-electron chi connectivity index (χ1n) is 6.22. The van der Waals surface area contributed by atoms with Crippen molar-refractivity contribution in [2.24, 2.45) is 5.92 Å². The zero-order valence-electron chi connectivity index (χ0n) is 10.5. The summed E-state index contributed by atoms with van der Waals surface area (Å²) in [5.74, 6) is 0.250. The lowest BCUT2D eigenvalue weighted by Gasteiger charge is -2.11. The van der Waals surface area contributed by atoms with Gasteiger partial charge in [-0.3, -0.25) is 0 Å². The normalized spacial score (nSPS) is 24.3. The Labute approximate surface area is 108 Å². The third-order valence-electron chi connectivity index (χ3n) is 3.41. The van der Waals surface area contributed by atoms with Crippen LogP contribution in [0.25, 0.3) is 0 Å². The smallest absolute Gasteiger partial charge is 0.240 e. The molecule has 1 aromatic rings. The molecule has 0 spiro atoms. The van der Waals surface area contributed by atoms with Crippen molar-refractivity contribution in [3.8, 4) is 0 Å². The largest absolute Gasteiger partial charge is 0.393 e. The topological polar surface area (TPSA) is 66.4 Å². The van der Waals surface area contributed by atoms with Crippen LogP contribution in [-0.4, -0.2) is 26.2 Å². The SMILES string of the molecule is Cc1ccc(S(=O)(=O)NCC2CCC(O)C2)cc1. The van der Waals surface area contributed by atoms with Crippen LogP contribution < -0.4 is 4.72 Å². The van der Waals surface area contributed by atoms with E-state index in [9.17, 15) is 13.5 Å². The van der Waals surface area contributed by atoms with Crippen LogP contribution >= 0.6 is 0 Å². The van der Waals surface area contributed by atoms with Crippen molar-refractivity contribution < 1.29 is 13.5 Å². The minimum absolute atomic E-state index is 0.250. The van der Waals surface area contributed by atoms with E-state index in [1.54, 1.807) is 24.3 Å². The Morgan fingerprint density at radius 1 is 1.28 bits per heavy atom. The lowest BCUT2D eigenvalue weighted by atomic mass is 10.1. The van der Waals surface area contributed by atoms with Gasteiger partial charge in [-0.05, 0) is 44.2 Å². The minimum atomic E-state index is -3.41. The molecule has 1 aliphatic carbocycles. The summed E-state index contributed by atoms with van der Waals surface area (Å²) in [5, 5.41) is 9.40. The van der Waals surface area contributed by atoms with E-state index in [0.717, 1.165) is 18.4 Å². The third-order valence-corrected chi connectivity index (χ3v) is 4.85. The molecule has 0 bridgehead atoms. The second kappa shape index (κ2) is 5.38. The molecular formula is C13H19NO3S. The van der Waals surface area contributed by atoms with Gasteiger partial charge in [0.2, 0.25) is 10.0 Å². The van der Waals surface area contributed by atoms with E-state index in [2.05, 4.69) is 4.72 Å². The van der Waals surface area contributed by atoms with Crippen molar-refractivity contribution >= 4 is 10.0 Å². The summed E-state index contributed by atoms with van der Waals surface area (Å²) in [4.78, 5) is 0.298. The highest BCUT2D eigenvalue weighted by Gasteiger charge is 2.24. The van der Waals surface area contributed by atoms with Crippen molar-refractivity contribution in [1.82, 2.24) is 4.72 Å². The lowest BCUT2D eigenvalue weighted by Crippen LogP contribution is -2.28. The fourth-order valence-corrected chi connectivity index (χ4v) is 3.38. The molecule has 5 heteroatoms. The Kier molecular flexibility index (Phi) is 4.04. The summed E-state index contributed by atoms with van der Waals surface area (Å²) >= 11 is 0. The molecule has 0 heterocycles. The van der Waals surface area contributed by atoms with Gasteiger partial charge >= 0.3 is 0 Å². The first kappa shape index (κ1) is 13.5. The Balaban J connectivity index is 1.97. The molecular weight excluding hydrogens is 250 g/mol. The highest BCUT2D eigenvalue weighted by molar-refractivity contribution is 7.89. The van der Waals surface area contributed by atoms with Gasteiger partial charge in [0.25, 0.3) is 0 Å². The summed E-state index contributed by atoms with van der Waals surface area (Å²) in [7, 11) is -3.41. The van der Waals surface area contributed by atoms with Crippen molar-refractivity contribution in [3.63, 3.8) is 0 Å². The average Bonchev–Trinajstić information content (AvgIpc) is 2.73. The Morgan fingerprint density at radius 3 is 2.50 bits per heavy atom. The maximum atomic E-state index is 12.0. The van der Waals surface area contributed by atoms with Crippen LogP contribution in [0, 0.1) is 12.8 Å². The number of aryl methyl sites for hydroxylation is 1. The minimum Gasteiger partial charge on any atom is -0.393 e. The predicted octanol–water partition coefficient (Wildman–Crippen LogP) is 1.43. The zero-order valence-corrected chi connectivity index (χ0v) is 11.3. The molecule has 2 rings (SSSR count). The Bertz CT molecular complexity index is 495. The summed E-state index contributed by atoms with van der Waals surface area (Å²) in [6, 6.07) is 6.80. The molecule has 100 valence electrons. The van der Waals surface area contributed by atoms with Gasteiger partial charge in [-0.15, -0.1) is 0 Å². The van der Waals surface area contributed by atoms with Gasteiger partial charge in [-0.1, -0.05) is 17.7 Å². The Morgan fingerprint density at radius 2 is 1.94 bits per heavy atom. The molecule has 0 aromatic heterocycles. The van der Waals surface area contributed by atoms with Gasteiger partial charge in [0.15, 0.2) is 0 Å². The number of aliphatic hydroxyl groups excluding tert-OH is 1. The van der Waals surface area contributed by atoms with E-state index in [4.69, 9.17) is 0 Å². The monoisotopic (exact) mass is 269 g/mol. The molecule has 2 atom stereocenters. The highest BCUT2D eigenvalue weighted by Crippen LogP contribution is 2.25. The quantitative estimate of drug-likeness (QED) is 0.869. The first-order chi connectivity index (χ1) is 8.47. The van der Waals surface area contributed by atoms with Crippen LogP contribution in [0.3, 0.4) is 0 Å². The second-order valence-electron chi connectivity index (χ2n) is 5.00. The van der Waals surface area contributed by atoms with E-state index in [1.165, 1.54) is 0 Å². The maximum Gasteiger partial charge on any atom is 0.240 e. The van der Waals surface area contributed by atoms with E-state index >= 15 is 0 Å². The summed E-state index contributed by atoms with van der Waals surface area (Å²) in [5.41, 5.74) is 1.04. The zero-order chi connectivity index (χ0) is 13.2. The van der Waals surface area contributed by atoms with Crippen molar-refractivity contribution in [2.45, 2.75) is 37.2 Å². The number of rotatable bonds is 4. The number of nitrogens with one attached hydrogen (secondary N) is 1. The van der Waals surface area contributed by atoms with E-state index in [-0.39, 0.29) is 12.0 Å². The van der Waals surface area contributed by atoms with Gasteiger partial charge < -0.3 is 5.11 Å². The van der Waals surface area contributed by atoms with Gasteiger partial charge in [-0.25, -0.2) is 13.1 Å². The molecule has 1 aromatic carbocycles. The number of benzene rings is 1. The molecule has 0 radical (unpaired) electrons. The molecule has 0 saturated heterocycles. The van der Waals surface area contributed by atoms with Gasteiger partial charge in [0, 0.05) is 6.54 Å². The van der Waals surface area contributed by atoms with E-state index in [1.807, 2.05) is 6.92 Å². The molecule has 0 amide bonds. The summed E-state index contributed by atoms with van der Waals surface area (Å²) < 4.78 is 26.6. The van der Waals surface area contributed by atoms with Gasteiger partial charge in [0.1, 0.15) is 0 Å². The van der Waals surface area contributed by atoms with Crippen LogP contribution in [0.5, 0.6) is 0 Å². The molecule has 4 nitrogen and oxygen atoms in total. The second-order valence-corrected chi connectivity index (χ2v) is 6.76. The van der Waals surface area contributed by atoms with Crippen molar-refractivity contribution in [3.05, 3.63) is 29.8 Å². The molecule has 1 fully saturated rings. The van der Waals surface area contributed by atoms with E-state index < -0.39 is 10.0 Å². The highest BCUT2D eigenvalue weighted by atomic mass is 32.2. The summed E-state index contributed by atoms with van der Waals surface area (Å²) in [6.07, 6.45) is 2.09. The van der Waals surface area contributed by atoms with E-state index in [0.29, 0.717) is 17.9 Å². The summed E-state index contributed by atoms with van der Waals surface area (Å²) in [6.45, 7) is 2.33. The van der Waals surface area contributed by atoms with Crippen molar-refractivity contribution in [1.29, 1.82) is 0 Å². The first-order valence-corrected chi connectivity index (χ1v) is 7.70. The predicted molar refractivity (Wildman–Crippen MR) is 69.7 cm³/mol. The van der Waals surface area contributed by atoms with Crippen LogP contribution in [0.2, 0.25) is 0 Å². The number of hydrogen-bond acceptors (Lipinski definition) is 3. The third kappa shape index (κ3) is 3.31. The lowest BCUT2D eigenvalue weighted by molar-refractivity contribution is 0.178. The molecule has 2 unspecified atom stereocenters. The average molecular weight is 269 g/mol.